The molecule has 0 fully saturated rings. The van der Waals surface area contributed by atoms with Crippen molar-refractivity contribution in [3.8, 4) is 0 Å². The quantitative estimate of drug-likeness (QED) is 0.585. The second-order valence-electron chi connectivity index (χ2n) is 5.91. The van der Waals surface area contributed by atoms with Crippen molar-refractivity contribution in [2.24, 2.45) is 0 Å². The monoisotopic (exact) mass is 254 g/mol. The highest BCUT2D eigenvalue weighted by Gasteiger charge is 2.20. The molecule has 3 nitrogen and oxygen atoms in total. The van der Waals surface area contributed by atoms with Gasteiger partial charge in [-0.25, -0.2) is 0 Å². The maximum atomic E-state index is 9.44. The first kappa shape index (κ1) is 14.7. The van der Waals surface area contributed by atoms with Crippen LogP contribution in [-0.2, 0) is 9.05 Å². The second-order valence-corrected chi connectivity index (χ2v) is 17.7. The minimum Gasteiger partial charge on any atom is -0.328 e. The molecule has 14 heavy (non-hydrogen) atoms. The maximum absolute atomic E-state index is 9.44. The van der Waals surface area contributed by atoms with Crippen LogP contribution in [-0.4, -0.2) is 33.5 Å². The van der Waals surface area contributed by atoms with Crippen molar-refractivity contribution in [2.45, 2.75) is 39.3 Å². The minimum atomic E-state index is -1.64. The Hall–Kier alpha value is 0.744. The lowest BCUT2D eigenvalue weighted by molar-refractivity contribution is 0.243. The Kier molecular flexibility index (Phi) is 6.03. The van der Waals surface area contributed by atoms with E-state index in [0.29, 0.717) is 12.5 Å². The van der Waals surface area contributed by atoms with Crippen molar-refractivity contribution in [2.75, 3.05) is 12.5 Å². The maximum Gasteiger partial charge on any atom is 0.329 e. The second kappa shape index (κ2) is 5.73. The highest BCUT2D eigenvalue weighted by atomic mass is 31.2. The third-order valence-corrected chi connectivity index (χ3v) is 4.42. The van der Waals surface area contributed by atoms with Crippen LogP contribution in [0.15, 0.2) is 0 Å². The molecule has 0 spiro atoms. The minimum absolute atomic E-state index is 0.668. The van der Waals surface area contributed by atoms with E-state index in [0.717, 1.165) is 0 Å². The molecule has 0 amide bonds. The summed E-state index contributed by atoms with van der Waals surface area (Å²) in [5.41, 5.74) is 0. The van der Waals surface area contributed by atoms with Gasteiger partial charge in [-0.1, -0.05) is 39.3 Å². The van der Waals surface area contributed by atoms with Crippen LogP contribution in [0.2, 0.25) is 39.3 Å². The van der Waals surface area contributed by atoms with Gasteiger partial charge in [-0.15, -0.1) is 0 Å². The van der Waals surface area contributed by atoms with Crippen molar-refractivity contribution >= 4 is 24.8 Å². The Morgan fingerprint density at radius 2 is 1.14 bits per heavy atom. The summed E-state index contributed by atoms with van der Waals surface area (Å²) < 4.78 is 10.6. The zero-order valence-corrected chi connectivity index (χ0v) is 13.0. The molecule has 0 aliphatic carbocycles. The van der Waals surface area contributed by atoms with Gasteiger partial charge in [0, 0.05) is 12.5 Å². The zero-order chi connectivity index (χ0) is 11.4. The van der Waals surface area contributed by atoms with E-state index in [9.17, 15) is 4.89 Å². The van der Waals surface area contributed by atoms with Gasteiger partial charge in [0.1, 0.15) is 0 Å². The summed E-state index contributed by atoms with van der Waals surface area (Å²) in [6.07, 6.45) is 1.34. The van der Waals surface area contributed by atoms with Gasteiger partial charge in [0.25, 0.3) is 0 Å². The van der Waals surface area contributed by atoms with Gasteiger partial charge < -0.3 is 13.9 Å². The highest BCUT2D eigenvalue weighted by Crippen LogP contribution is 2.34. The van der Waals surface area contributed by atoms with Crippen LogP contribution in [0, 0.1) is 0 Å². The summed E-state index contributed by atoms with van der Waals surface area (Å²) in [5, 5.41) is 0. The Balaban J connectivity index is 3.62. The van der Waals surface area contributed by atoms with E-state index in [1.54, 1.807) is 0 Å². The molecule has 0 atom stereocenters. The van der Waals surface area contributed by atoms with E-state index < -0.39 is 24.8 Å². The fourth-order valence-electron chi connectivity index (χ4n) is 0.535. The third kappa shape index (κ3) is 10.8. The number of hydrogen-bond donors (Lipinski definition) is 1. The summed E-state index contributed by atoms with van der Waals surface area (Å²) >= 11 is 0. The largest absolute Gasteiger partial charge is 0.329 e. The molecule has 0 aliphatic rings. The fourth-order valence-corrected chi connectivity index (χ4v) is 4.59. The van der Waals surface area contributed by atoms with Crippen LogP contribution in [0.1, 0.15) is 0 Å². The molecule has 0 aromatic rings. The van der Waals surface area contributed by atoms with Crippen LogP contribution in [0.25, 0.3) is 0 Å². The van der Waals surface area contributed by atoms with Crippen molar-refractivity contribution in [1.29, 1.82) is 0 Å². The Morgan fingerprint density at radius 1 is 0.857 bits per heavy atom. The lowest BCUT2D eigenvalue weighted by Gasteiger charge is -2.21. The van der Waals surface area contributed by atoms with Gasteiger partial charge in [-0.3, -0.25) is 0 Å². The molecule has 0 rings (SSSR count). The van der Waals surface area contributed by atoms with Crippen LogP contribution in [0.5, 0.6) is 0 Å². The van der Waals surface area contributed by atoms with Gasteiger partial charge in [0.05, 0.1) is 16.1 Å². The number of hydrogen-bond acceptors (Lipinski definition) is 3. The fraction of sp³-hybridized carbons (Fsp3) is 1.00. The SMILES string of the molecule is C[Si](C)(C)COP(O)OC[Si](C)(C)C. The average molecular weight is 254 g/mol. The Labute approximate surface area is 90.8 Å². The molecule has 0 saturated carbocycles. The molecule has 0 saturated heterocycles. The third-order valence-electron chi connectivity index (χ3n) is 1.22. The first-order valence-corrected chi connectivity index (χ1v) is 13.4. The van der Waals surface area contributed by atoms with Crippen LogP contribution in [0.4, 0.5) is 0 Å². The molecule has 0 unspecified atom stereocenters. The average Bonchev–Trinajstić information content (AvgIpc) is 1.94. The zero-order valence-electron chi connectivity index (χ0n) is 10.1. The summed E-state index contributed by atoms with van der Waals surface area (Å²) in [6, 6.07) is 0. The molecule has 1 N–H and O–H groups in total. The molecular formula is C8H23O3PSi2. The number of rotatable bonds is 6. The van der Waals surface area contributed by atoms with Crippen LogP contribution >= 0.6 is 8.60 Å². The molecule has 0 radical (unpaired) electrons. The van der Waals surface area contributed by atoms with E-state index in [1.165, 1.54) is 0 Å². The van der Waals surface area contributed by atoms with E-state index >= 15 is 0 Å². The first-order chi connectivity index (χ1) is 6.10. The Bertz CT molecular complexity index is 147. The van der Waals surface area contributed by atoms with E-state index in [1.807, 2.05) is 0 Å². The van der Waals surface area contributed by atoms with Crippen LogP contribution in [0.3, 0.4) is 0 Å². The molecule has 0 aromatic heterocycles. The predicted molar refractivity (Wildman–Crippen MR) is 67.7 cm³/mol. The molecule has 86 valence electrons. The summed E-state index contributed by atoms with van der Waals surface area (Å²) in [5.74, 6) is 0. The topological polar surface area (TPSA) is 38.7 Å². The van der Waals surface area contributed by atoms with E-state index in [4.69, 9.17) is 9.05 Å². The van der Waals surface area contributed by atoms with Crippen molar-refractivity contribution in [1.82, 2.24) is 0 Å². The van der Waals surface area contributed by atoms with Crippen LogP contribution < -0.4 is 0 Å². The van der Waals surface area contributed by atoms with Crippen molar-refractivity contribution < 1.29 is 13.9 Å². The lowest BCUT2D eigenvalue weighted by Crippen LogP contribution is -2.29. The Morgan fingerprint density at radius 3 is 1.36 bits per heavy atom. The lowest BCUT2D eigenvalue weighted by atomic mass is 11.7. The van der Waals surface area contributed by atoms with Gasteiger partial charge >= 0.3 is 8.60 Å². The summed E-state index contributed by atoms with van der Waals surface area (Å²) in [7, 11) is -4.10. The molecule has 6 heteroatoms. The summed E-state index contributed by atoms with van der Waals surface area (Å²) in [4.78, 5) is 9.44. The molecule has 0 aromatic carbocycles. The van der Waals surface area contributed by atoms with Crippen molar-refractivity contribution in [3.63, 3.8) is 0 Å². The smallest absolute Gasteiger partial charge is 0.328 e. The first-order valence-electron chi connectivity index (χ1n) is 4.85. The summed E-state index contributed by atoms with van der Waals surface area (Å²) in [6.45, 7) is 13.2. The highest BCUT2D eigenvalue weighted by molar-refractivity contribution is 7.40. The van der Waals surface area contributed by atoms with Crippen molar-refractivity contribution in [3.05, 3.63) is 0 Å². The molecular weight excluding hydrogens is 231 g/mol. The van der Waals surface area contributed by atoms with E-state index in [-0.39, 0.29) is 0 Å². The molecule has 0 heterocycles. The van der Waals surface area contributed by atoms with Gasteiger partial charge in [0.15, 0.2) is 0 Å². The van der Waals surface area contributed by atoms with Gasteiger partial charge in [0.2, 0.25) is 0 Å². The molecule has 0 bridgehead atoms. The molecule has 0 aliphatic heterocycles. The predicted octanol–water partition coefficient (Wildman–Crippen LogP) is 2.99. The standard InChI is InChI=1S/C8H23O3PSi2/c1-13(2,3)7-10-12(9)11-8-14(4,5)6/h9H,7-8H2,1-6H3. The van der Waals surface area contributed by atoms with E-state index in [2.05, 4.69) is 39.3 Å². The van der Waals surface area contributed by atoms with Gasteiger partial charge in [-0.05, 0) is 0 Å². The van der Waals surface area contributed by atoms with Gasteiger partial charge in [-0.2, -0.15) is 0 Å². The normalized spacial score (nSPS) is 13.7.